The first-order valence-corrected chi connectivity index (χ1v) is 8.20. The molecule has 0 aliphatic carbocycles. The molecule has 0 radical (unpaired) electrons. The summed E-state index contributed by atoms with van der Waals surface area (Å²) in [7, 11) is 3.63. The summed E-state index contributed by atoms with van der Waals surface area (Å²) in [5.74, 6) is 0.761. The van der Waals surface area contributed by atoms with Gasteiger partial charge in [-0.05, 0) is 30.8 Å². The Morgan fingerprint density at radius 1 is 1.08 bits per heavy atom. The van der Waals surface area contributed by atoms with Crippen molar-refractivity contribution in [3.63, 3.8) is 0 Å². The number of amides is 1. The zero-order chi connectivity index (χ0) is 17.1. The van der Waals surface area contributed by atoms with Crippen LogP contribution >= 0.6 is 0 Å². The van der Waals surface area contributed by atoms with E-state index in [-0.39, 0.29) is 5.91 Å². The van der Waals surface area contributed by atoms with Gasteiger partial charge in [0.2, 0.25) is 0 Å². The number of nitrogens with one attached hydrogen (secondary N) is 1. The van der Waals surface area contributed by atoms with Crippen LogP contribution in [0.15, 0.2) is 42.5 Å². The van der Waals surface area contributed by atoms with Crippen molar-refractivity contribution in [2.45, 2.75) is 6.92 Å². The molecule has 1 aliphatic heterocycles. The zero-order valence-corrected chi connectivity index (χ0v) is 14.4. The number of nitrogens with zero attached hydrogens (tertiary/aromatic N) is 2. The lowest BCUT2D eigenvalue weighted by Crippen LogP contribution is -2.36. The second-order valence-electron chi connectivity index (χ2n) is 5.74. The summed E-state index contributed by atoms with van der Waals surface area (Å²) in [5.41, 5.74) is 3.49. The fourth-order valence-electron chi connectivity index (χ4n) is 3.05. The Morgan fingerprint density at radius 3 is 2.62 bits per heavy atom. The molecule has 0 spiro atoms. The van der Waals surface area contributed by atoms with Crippen molar-refractivity contribution in [2.24, 2.45) is 0 Å². The summed E-state index contributed by atoms with van der Waals surface area (Å²) in [6, 6.07) is 13.6. The molecule has 2 aromatic carbocycles. The van der Waals surface area contributed by atoms with Crippen LogP contribution in [0.4, 0.5) is 17.1 Å². The van der Waals surface area contributed by atoms with E-state index in [4.69, 9.17) is 4.74 Å². The van der Waals surface area contributed by atoms with Crippen LogP contribution in [0.25, 0.3) is 0 Å². The van der Waals surface area contributed by atoms with E-state index >= 15 is 0 Å². The van der Waals surface area contributed by atoms with Gasteiger partial charge in [0.25, 0.3) is 5.91 Å². The van der Waals surface area contributed by atoms with Crippen molar-refractivity contribution < 1.29 is 9.53 Å². The zero-order valence-electron chi connectivity index (χ0n) is 14.4. The lowest BCUT2D eigenvalue weighted by atomic mass is 10.1. The normalized spacial score (nSPS) is 13.4. The van der Waals surface area contributed by atoms with E-state index in [1.807, 2.05) is 54.4 Å². The molecular formula is C19H23N3O2. The number of benzene rings is 2. The molecule has 1 N–H and O–H groups in total. The minimum Gasteiger partial charge on any atom is -0.497 e. The molecule has 0 atom stereocenters. The van der Waals surface area contributed by atoms with Crippen LogP contribution in [0, 0.1) is 0 Å². The molecule has 0 saturated heterocycles. The van der Waals surface area contributed by atoms with E-state index in [1.54, 1.807) is 7.11 Å². The minimum absolute atomic E-state index is 0.0161. The Hall–Kier alpha value is -2.53. The largest absolute Gasteiger partial charge is 0.497 e. The second-order valence-corrected chi connectivity index (χ2v) is 5.74. The van der Waals surface area contributed by atoms with E-state index in [0.29, 0.717) is 12.1 Å². The van der Waals surface area contributed by atoms with E-state index in [2.05, 4.69) is 17.1 Å². The van der Waals surface area contributed by atoms with Gasteiger partial charge in [-0.2, -0.15) is 0 Å². The van der Waals surface area contributed by atoms with Gasteiger partial charge in [-0.15, -0.1) is 0 Å². The number of fused-ring (bicyclic) bond motifs is 2. The number of ether oxygens (including phenoxy) is 1. The molecule has 24 heavy (non-hydrogen) atoms. The molecule has 0 fully saturated rings. The molecule has 2 aromatic rings. The smallest absolute Gasteiger partial charge is 0.260 e. The molecule has 0 saturated carbocycles. The quantitative estimate of drug-likeness (QED) is 0.858. The molecule has 0 aromatic heterocycles. The topological polar surface area (TPSA) is 44.8 Å². The number of likely N-dealkylation sites (N-methyl/N-ethyl adjacent to an activating group) is 1. The fourth-order valence-corrected chi connectivity index (χ4v) is 3.05. The lowest BCUT2D eigenvalue weighted by molar-refractivity contribution is 0.0988. The summed E-state index contributed by atoms with van der Waals surface area (Å²) in [6.45, 7) is 4.29. The molecule has 3 rings (SSSR count). The minimum atomic E-state index is 0.0161. The van der Waals surface area contributed by atoms with Crippen molar-refractivity contribution in [1.29, 1.82) is 0 Å². The number of carbonyl (C=O) groups excluding carboxylic acids is 1. The van der Waals surface area contributed by atoms with Crippen molar-refractivity contribution in [2.75, 3.05) is 43.6 Å². The Kier molecular flexibility index (Phi) is 4.71. The van der Waals surface area contributed by atoms with Crippen LogP contribution in [0.1, 0.15) is 17.3 Å². The fraction of sp³-hybridized carbons (Fsp3) is 0.316. The number of anilines is 3. The molecule has 126 valence electrons. The Bertz CT molecular complexity index is 745. The molecule has 0 unspecified atom stereocenters. The SMILES string of the molecule is CCNCCN1C(=O)c2ccccc2N(C)c2ccc(OC)cc21. The highest BCUT2D eigenvalue weighted by molar-refractivity contribution is 6.14. The van der Waals surface area contributed by atoms with Crippen molar-refractivity contribution in [1.82, 2.24) is 5.32 Å². The molecular weight excluding hydrogens is 302 g/mol. The van der Waals surface area contributed by atoms with E-state index in [9.17, 15) is 4.79 Å². The van der Waals surface area contributed by atoms with Crippen LogP contribution in [-0.2, 0) is 0 Å². The molecule has 5 nitrogen and oxygen atoms in total. The molecule has 1 amide bonds. The van der Waals surface area contributed by atoms with Gasteiger partial charge in [0.05, 0.1) is 29.7 Å². The number of hydrogen-bond donors (Lipinski definition) is 1. The Labute approximate surface area is 142 Å². The molecule has 1 aliphatic rings. The maximum absolute atomic E-state index is 13.2. The maximum atomic E-state index is 13.2. The third-order valence-electron chi connectivity index (χ3n) is 4.34. The first-order chi connectivity index (χ1) is 11.7. The summed E-state index contributed by atoms with van der Waals surface area (Å²) < 4.78 is 5.37. The van der Waals surface area contributed by atoms with E-state index in [1.165, 1.54) is 0 Å². The number of hydrogen-bond acceptors (Lipinski definition) is 4. The first kappa shape index (κ1) is 16.3. The van der Waals surface area contributed by atoms with Gasteiger partial charge in [0, 0.05) is 26.2 Å². The third-order valence-corrected chi connectivity index (χ3v) is 4.34. The van der Waals surface area contributed by atoms with Crippen LogP contribution in [0.5, 0.6) is 5.75 Å². The number of methoxy groups -OCH3 is 1. The van der Waals surface area contributed by atoms with Crippen molar-refractivity contribution in [3.05, 3.63) is 48.0 Å². The van der Waals surface area contributed by atoms with Gasteiger partial charge in [-0.1, -0.05) is 19.1 Å². The van der Waals surface area contributed by atoms with Gasteiger partial charge in [0.15, 0.2) is 0 Å². The van der Waals surface area contributed by atoms with Gasteiger partial charge >= 0.3 is 0 Å². The Morgan fingerprint density at radius 2 is 1.88 bits per heavy atom. The van der Waals surface area contributed by atoms with Crippen LogP contribution in [0.2, 0.25) is 0 Å². The van der Waals surface area contributed by atoms with Gasteiger partial charge < -0.3 is 19.9 Å². The highest BCUT2D eigenvalue weighted by atomic mass is 16.5. The van der Waals surface area contributed by atoms with Crippen LogP contribution in [-0.4, -0.2) is 39.7 Å². The van der Waals surface area contributed by atoms with Crippen LogP contribution < -0.4 is 19.9 Å². The van der Waals surface area contributed by atoms with E-state index < -0.39 is 0 Å². The predicted molar refractivity (Wildman–Crippen MR) is 97.7 cm³/mol. The average Bonchev–Trinajstić information content (AvgIpc) is 2.71. The first-order valence-electron chi connectivity index (χ1n) is 8.20. The summed E-state index contributed by atoms with van der Waals surface area (Å²) in [5, 5.41) is 3.29. The van der Waals surface area contributed by atoms with Crippen molar-refractivity contribution in [3.8, 4) is 5.75 Å². The van der Waals surface area contributed by atoms with Gasteiger partial charge in [0.1, 0.15) is 5.75 Å². The molecule has 0 bridgehead atoms. The number of rotatable bonds is 5. The van der Waals surface area contributed by atoms with Gasteiger partial charge in [-0.3, -0.25) is 4.79 Å². The molecule has 5 heteroatoms. The predicted octanol–water partition coefficient (Wildman–Crippen LogP) is 3.03. The lowest BCUT2D eigenvalue weighted by Gasteiger charge is -2.25. The summed E-state index contributed by atoms with van der Waals surface area (Å²) in [6.07, 6.45) is 0. The average molecular weight is 325 g/mol. The van der Waals surface area contributed by atoms with E-state index in [0.717, 1.165) is 35.9 Å². The maximum Gasteiger partial charge on any atom is 0.260 e. The number of carbonyl (C=O) groups is 1. The highest BCUT2D eigenvalue weighted by Gasteiger charge is 2.29. The van der Waals surface area contributed by atoms with Gasteiger partial charge in [-0.25, -0.2) is 0 Å². The standard InChI is InChI=1S/C19H23N3O2/c1-4-20-11-12-22-18-13-14(24-3)9-10-17(18)21(2)16-8-6-5-7-15(16)19(22)23/h5-10,13,20H,4,11-12H2,1-3H3. The van der Waals surface area contributed by atoms with Crippen LogP contribution in [0.3, 0.4) is 0 Å². The highest BCUT2D eigenvalue weighted by Crippen LogP contribution is 2.41. The monoisotopic (exact) mass is 325 g/mol. The molecule has 1 heterocycles. The van der Waals surface area contributed by atoms with Crippen molar-refractivity contribution >= 4 is 23.0 Å². The summed E-state index contributed by atoms with van der Waals surface area (Å²) >= 11 is 0. The summed E-state index contributed by atoms with van der Waals surface area (Å²) in [4.78, 5) is 17.1. The Balaban J connectivity index is 2.13. The number of para-hydroxylation sites is 1. The third kappa shape index (κ3) is 2.83. The second kappa shape index (κ2) is 6.93.